The van der Waals surface area contributed by atoms with Gasteiger partial charge in [-0.15, -0.1) is 0 Å². The zero-order valence-electron chi connectivity index (χ0n) is 10.9. The highest BCUT2D eigenvalue weighted by atomic mass is 32.2. The second kappa shape index (κ2) is 8.11. The molecule has 2 N–H and O–H groups in total. The third-order valence-corrected chi connectivity index (χ3v) is 3.02. The molecule has 0 heterocycles. The zero-order valence-corrected chi connectivity index (χ0v) is 11.7. The second-order valence-electron chi connectivity index (χ2n) is 3.88. The van der Waals surface area contributed by atoms with Crippen LogP contribution in [0.4, 0.5) is 0 Å². The van der Waals surface area contributed by atoms with Crippen LogP contribution in [-0.2, 0) is 26.1 Å². The molecule has 0 aliphatic carbocycles. The van der Waals surface area contributed by atoms with E-state index in [4.69, 9.17) is 19.3 Å². The maximum Gasteiger partial charge on any atom is 0.211 e. The lowest BCUT2D eigenvalue weighted by Crippen LogP contribution is -2.21. The van der Waals surface area contributed by atoms with E-state index in [-0.39, 0.29) is 12.4 Å². The van der Waals surface area contributed by atoms with Gasteiger partial charge >= 0.3 is 0 Å². The van der Waals surface area contributed by atoms with Gasteiger partial charge in [0.05, 0.1) is 39.3 Å². The van der Waals surface area contributed by atoms with Gasteiger partial charge in [0.1, 0.15) is 5.75 Å². The molecule has 19 heavy (non-hydrogen) atoms. The number of hydrogen-bond donors (Lipinski definition) is 1. The van der Waals surface area contributed by atoms with Crippen molar-refractivity contribution < 1.29 is 22.6 Å². The fourth-order valence-electron chi connectivity index (χ4n) is 1.35. The predicted molar refractivity (Wildman–Crippen MR) is 71.4 cm³/mol. The van der Waals surface area contributed by atoms with Gasteiger partial charge in [-0.3, -0.25) is 0 Å². The molecule has 1 aromatic rings. The Balaban J connectivity index is 2.10. The first kappa shape index (κ1) is 15.9. The van der Waals surface area contributed by atoms with Crippen molar-refractivity contribution in [2.45, 2.75) is 6.61 Å². The highest BCUT2D eigenvalue weighted by Gasteiger charge is 2.01. The summed E-state index contributed by atoms with van der Waals surface area (Å²) in [5.74, 6) is 0.605. The Morgan fingerprint density at radius 3 is 2.58 bits per heavy atom. The summed E-state index contributed by atoms with van der Waals surface area (Å²) in [4.78, 5) is 0. The average molecular weight is 289 g/mol. The summed E-state index contributed by atoms with van der Waals surface area (Å²) in [5.41, 5.74) is 1.00. The molecule has 0 aliphatic heterocycles. The van der Waals surface area contributed by atoms with Crippen LogP contribution in [0.15, 0.2) is 24.3 Å². The van der Waals surface area contributed by atoms with Crippen LogP contribution in [-0.4, -0.2) is 41.1 Å². The first-order chi connectivity index (χ1) is 9.01. The quantitative estimate of drug-likeness (QED) is 0.669. The molecule has 0 bridgehead atoms. The van der Waals surface area contributed by atoms with Crippen molar-refractivity contribution in [3.8, 4) is 5.75 Å². The number of primary sulfonamides is 1. The summed E-state index contributed by atoms with van der Waals surface area (Å²) in [6.45, 7) is 1.26. The average Bonchev–Trinajstić information content (AvgIpc) is 2.36. The van der Waals surface area contributed by atoms with Gasteiger partial charge in [0.25, 0.3) is 0 Å². The van der Waals surface area contributed by atoms with Gasteiger partial charge < -0.3 is 14.2 Å². The van der Waals surface area contributed by atoms with E-state index in [0.717, 1.165) is 11.3 Å². The molecule has 0 radical (unpaired) electrons. The number of hydrogen-bond acceptors (Lipinski definition) is 5. The molecule has 0 saturated heterocycles. The molecule has 1 aromatic carbocycles. The minimum Gasteiger partial charge on any atom is -0.497 e. The van der Waals surface area contributed by atoms with Gasteiger partial charge in [-0.05, 0) is 17.7 Å². The Kier molecular flexibility index (Phi) is 6.79. The summed E-state index contributed by atoms with van der Waals surface area (Å²) in [6.07, 6.45) is 0. The Bertz CT molecular complexity index is 475. The standard InChI is InChI=1S/C12H19NO5S/c1-16-12-4-2-3-11(9-12)10-18-6-5-17-7-8-19(13,14)15/h2-4,9H,5-8,10H2,1H3,(H2,13,14,15). The number of methoxy groups -OCH3 is 1. The fourth-order valence-corrected chi connectivity index (χ4v) is 1.70. The van der Waals surface area contributed by atoms with Crippen LogP contribution in [0.5, 0.6) is 5.75 Å². The van der Waals surface area contributed by atoms with Crippen molar-refractivity contribution in [3.05, 3.63) is 29.8 Å². The lowest BCUT2D eigenvalue weighted by atomic mass is 10.2. The Labute approximate surface area is 113 Å². The van der Waals surface area contributed by atoms with Crippen molar-refractivity contribution in [1.29, 1.82) is 0 Å². The van der Waals surface area contributed by atoms with E-state index >= 15 is 0 Å². The lowest BCUT2D eigenvalue weighted by Gasteiger charge is -2.06. The molecule has 0 aromatic heterocycles. The van der Waals surface area contributed by atoms with Gasteiger partial charge in [-0.25, -0.2) is 13.6 Å². The summed E-state index contributed by atoms with van der Waals surface area (Å²) in [6, 6.07) is 7.58. The molecule has 0 fully saturated rings. The predicted octanol–water partition coefficient (Wildman–Crippen LogP) is 0.517. The molecular formula is C12H19NO5S. The molecule has 0 spiro atoms. The van der Waals surface area contributed by atoms with E-state index < -0.39 is 10.0 Å². The summed E-state index contributed by atoms with van der Waals surface area (Å²) < 4.78 is 36.8. The van der Waals surface area contributed by atoms with E-state index in [0.29, 0.717) is 19.8 Å². The highest BCUT2D eigenvalue weighted by Crippen LogP contribution is 2.12. The first-order valence-electron chi connectivity index (χ1n) is 5.80. The maximum atomic E-state index is 10.6. The minimum atomic E-state index is -3.45. The van der Waals surface area contributed by atoms with Crippen LogP contribution in [0.25, 0.3) is 0 Å². The monoisotopic (exact) mass is 289 g/mol. The van der Waals surface area contributed by atoms with Gasteiger partial charge in [-0.1, -0.05) is 12.1 Å². The molecule has 1 rings (SSSR count). The van der Waals surface area contributed by atoms with Gasteiger partial charge in [-0.2, -0.15) is 0 Å². The van der Waals surface area contributed by atoms with Crippen molar-refractivity contribution in [3.63, 3.8) is 0 Å². The van der Waals surface area contributed by atoms with Crippen LogP contribution >= 0.6 is 0 Å². The normalized spacial score (nSPS) is 11.5. The van der Waals surface area contributed by atoms with Crippen LogP contribution in [0.2, 0.25) is 0 Å². The number of ether oxygens (including phenoxy) is 3. The first-order valence-corrected chi connectivity index (χ1v) is 7.52. The summed E-state index contributed by atoms with van der Waals surface area (Å²) in [7, 11) is -1.84. The summed E-state index contributed by atoms with van der Waals surface area (Å²) >= 11 is 0. The molecule has 0 saturated carbocycles. The topological polar surface area (TPSA) is 87.8 Å². The van der Waals surface area contributed by atoms with Crippen LogP contribution < -0.4 is 9.88 Å². The number of nitrogens with two attached hydrogens (primary N) is 1. The molecule has 108 valence electrons. The SMILES string of the molecule is COc1cccc(COCCOCCS(N)(=O)=O)c1. The summed E-state index contributed by atoms with van der Waals surface area (Å²) in [5, 5.41) is 4.83. The van der Waals surface area contributed by atoms with E-state index in [1.807, 2.05) is 24.3 Å². The smallest absolute Gasteiger partial charge is 0.211 e. The van der Waals surface area contributed by atoms with Crippen molar-refractivity contribution >= 4 is 10.0 Å². The zero-order chi connectivity index (χ0) is 14.1. The van der Waals surface area contributed by atoms with Gasteiger partial charge in [0.15, 0.2) is 0 Å². The molecular weight excluding hydrogens is 270 g/mol. The lowest BCUT2D eigenvalue weighted by molar-refractivity contribution is 0.0458. The third kappa shape index (κ3) is 7.78. The van der Waals surface area contributed by atoms with Gasteiger partial charge in [0, 0.05) is 0 Å². The Hall–Kier alpha value is -1.15. The molecule has 7 heteroatoms. The largest absolute Gasteiger partial charge is 0.497 e. The van der Waals surface area contributed by atoms with Crippen molar-refractivity contribution in [1.82, 2.24) is 0 Å². The van der Waals surface area contributed by atoms with E-state index in [2.05, 4.69) is 0 Å². The Morgan fingerprint density at radius 1 is 1.16 bits per heavy atom. The molecule has 0 aliphatic rings. The van der Waals surface area contributed by atoms with Crippen molar-refractivity contribution in [2.24, 2.45) is 5.14 Å². The van der Waals surface area contributed by atoms with E-state index in [1.54, 1.807) is 7.11 Å². The second-order valence-corrected chi connectivity index (χ2v) is 5.62. The molecule has 0 amide bonds. The number of sulfonamides is 1. The van der Waals surface area contributed by atoms with Gasteiger partial charge in [0.2, 0.25) is 10.0 Å². The Morgan fingerprint density at radius 2 is 1.89 bits per heavy atom. The van der Waals surface area contributed by atoms with E-state index in [9.17, 15) is 8.42 Å². The van der Waals surface area contributed by atoms with Crippen LogP contribution in [0, 0.1) is 0 Å². The number of benzene rings is 1. The molecule has 0 atom stereocenters. The maximum absolute atomic E-state index is 10.6. The van der Waals surface area contributed by atoms with Crippen LogP contribution in [0.3, 0.4) is 0 Å². The van der Waals surface area contributed by atoms with E-state index in [1.165, 1.54) is 0 Å². The van der Waals surface area contributed by atoms with Crippen LogP contribution in [0.1, 0.15) is 5.56 Å². The molecule has 0 unspecified atom stereocenters. The highest BCUT2D eigenvalue weighted by molar-refractivity contribution is 7.89. The van der Waals surface area contributed by atoms with Crippen molar-refractivity contribution in [2.75, 3.05) is 32.7 Å². The minimum absolute atomic E-state index is 0.0847. The molecule has 6 nitrogen and oxygen atoms in total. The number of rotatable bonds is 9. The third-order valence-electron chi connectivity index (χ3n) is 2.29. The fraction of sp³-hybridized carbons (Fsp3) is 0.500.